The molecule has 0 fully saturated rings. The molecule has 1 amide bonds. The number of nitrogens with zero attached hydrogens (tertiary/aromatic N) is 1. The molecular formula is C23H22N2O3. The van der Waals surface area contributed by atoms with Gasteiger partial charge in [-0.05, 0) is 36.8 Å². The van der Waals surface area contributed by atoms with E-state index in [1.165, 1.54) is 0 Å². The van der Waals surface area contributed by atoms with Gasteiger partial charge in [0.05, 0.1) is 24.8 Å². The van der Waals surface area contributed by atoms with Crippen molar-refractivity contribution in [1.29, 1.82) is 0 Å². The van der Waals surface area contributed by atoms with Gasteiger partial charge in [-0.2, -0.15) is 0 Å². The molecule has 0 aliphatic carbocycles. The highest BCUT2D eigenvalue weighted by Gasteiger charge is 2.21. The fourth-order valence-electron chi connectivity index (χ4n) is 3.77. The lowest BCUT2D eigenvalue weighted by molar-refractivity contribution is 0.100. The first-order chi connectivity index (χ1) is 13.7. The molecule has 0 radical (unpaired) electrons. The van der Waals surface area contributed by atoms with Crippen LogP contribution in [-0.2, 0) is 6.54 Å². The van der Waals surface area contributed by atoms with Gasteiger partial charge in [0.25, 0.3) is 0 Å². The number of hydrogen-bond acceptors (Lipinski definition) is 3. The minimum atomic E-state index is -0.446. The van der Waals surface area contributed by atoms with E-state index in [2.05, 4.69) is 16.7 Å². The maximum atomic E-state index is 12.1. The molecule has 28 heavy (non-hydrogen) atoms. The molecule has 0 aliphatic rings. The Bertz CT molecular complexity index is 1160. The van der Waals surface area contributed by atoms with Crippen LogP contribution < -0.4 is 15.2 Å². The summed E-state index contributed by atoms with van der Waals surface area (Å²) < 4.78 is 13.7. The van der Waals surface area contributed by atoms with E-state index in [1.54, 1.807) is 13.2 Å². The van der Waals surface area contributed by atoms with Crippen LogP contribution in [0, 0.1) is 0 Å². The van der Waals surface area contributed by atoms with E-state index in [0.29, 0.717) is 30.2 Å². The molecule has 3 aromatic carbocycles. The summed E-state index contributed by atoms with van der Waals surface area (Å²) in [6.45, 7) is 3.08. The molecule has 1 heterocycles. The van der Waals surface area contributed by atoms with Gasteiger partial charge < -0.3 is 19.8 Å². The third-order valence-corrected chi connectivity index (χ3v) is 4.93. The van der Waals surface area contributed by atoms with Gasteiger partial charge >= 0.3 is 0 Å². The summed E-state index contributed by atoms with van der Waals surface area (Å²) in [5.74, 6) is 0.885. The summed E-state index contributed by atoms with van der Waals surface area (Å²) in [7, 11) is 1.63. The van der Waals surface area contributed by atoms with Crippen LogP contribution in [-0.4, -0.2) is 24.2 Å². The molecule has 1 aromatic heterocycles. The lowest BCUT2D eigenvalue weighted by Crippen LogP contribution is -2.11. The van der Waals surface area contributed by atoms with Gasteiger partial charge in [-0.1, -0.05) is 36.4 Å². The van der Waals surface area contributed by atoms with Crippen molar-refractivity contribution in [1.82, 2.24) is 4.57 Å². The van der Waals surface area contributed by atoms with Crippen molar-refractivity contribution < 1.29 is 14.3 Å². The number of amides is 1. The summed E-state index contributed by atoms with van der Waals surface area (Å²) >= 11 is 0. The summed E-state index contributed by atoms with van der Waals surface area (Å²) in [5.41, 5.74) is 9.16. The Kier molecular flexibility index (Phi) is 4.65. The SMILES string of the molecule is CCOc1c(OC)ccc2c3c(C(N)=O)cccc3n(Cc3ccccc3)c12. The van der Waals surface area contributed by atoms with Gasteiger partial charge in [0.15, 0.2) is 11.5 Å². The van der Waals surface area contributed by atoms with E-state index in [9.17, 15) is 4.79 Å². The first-order valence-corrected chi connectivity index (χ1v) is 9.24. The molecule has 4 rings (SSSR count). The number of rotatable bonds is 6. The van der Waals surface area contributed by atoms with E-state index in [1.807, 2.05) is 49.4 Å². The van der Waals surface area contributed by atoms with Crippen LogP contribution in [0.3, 0.4) is 0 Å². The molecule has 0 unspecified atom stereocenters. The predicted molar refractivity (Wildman–Crippen MR) is 111 cm³/mol. The highest BCUT2D eigenvalue weighted by Crippen LogP contribution is 2.42. The van der Waals surface area contributed by atoms with Gasteiger partial charge in [0, 0.05) is 22.9 Å². The molecule has 5 nitrogen and oxygen atoms in total. The zero-order valence-corrected chi connectivity index (χ0v) is 15.9. The maximum absolute atomic E-state index is 12.1. The van der Waals surface area contributed by atoms with Crippen LogP contribution in [0.15, 0.2) is 60.7 Å². The molecule has 0 spiro atoms. The average molecular weight is 374 g/mol. The molecule has 0 saturated heterocycles. The molecule has 5 heteroatoms. The topological polar surface area (TPSA) is 66.5 Å². The number of hydrogen-bond donors (Lipinski definition) is 1. The normalized spacial score (nSPS) is 11.1. The summed E-state index contributed by atoms with van der Waals surface area (Å²) in [6.07, 6.45) is 0. The molecule has 0 aliphatic heterocycles. The van der Waals surface area contributed by atoms with Gasteiger partial charge in [0.2, 0.25) is 5.91 Å². The smallest absolute Gasteiger partial charge is 0.249 e. The molecule has 142 valence electrons. The van der Waals surface area contributed by atoms with Crippen molar-refractivity contribution >= 4 is 27.7 Å². The number of carbonyl (C=O) groups is 1. The third-order valence-electron chi connectivity index (χ3n) is 4.93. The lowest BCUT2D eigenvalue weighted by Gasteiger charge is -2.14. The second-order valence-electron chi connectivity index (χ2n) is 6.56. The first-order valence-electron chi connectivity index (χ1n) is 9.24. The second-order valence-corrected chi connectivity index (χ2v) is 6.56. The van der Waals surface area contributed by atoms with Crippen LogP contribution >= 0.6 is 0 Å². The Balaban J connectivity index is 2.13. The van der Waals surface area contributed by atoms with Crippen LogP contribution in [0.2, 0.25) is 0 Å². The molecule has 0 saturated carbocycles. The minimum Gasteiger partial charge on any atom is -0.493 e. The Morgan fingerprint density at radius 3 is 2.50 bits per heavy atom. The van der Waals surface area contributed by atoms with Crippen molar-refractivity contribution in [3.05, 3.63) is 71.8 Å². The van der Waals surface area contributed by atoms with E-state index < -0.39 is 5.91 Å². The minimum absolute atomic E-state index is 0.446. The quantitative estimate of drug-likeness (QED) is 0.546. The predicted octanol–water partition coefficient (Wildman–Crippen LogP) is 4.35. The number of ether oxygens (including phenoxy) is 2. The van der Waals surface area contributed by atoms with Gasteiger partial charge in [-0.15, -0.1) is 0 Å². The Labute approximate surface area is 163 Å². The number of fused-ring (bicyclic) bond motifs is 3. The van der Waals surface area contributed by atoms with E-state index >= 15 is 0 Å². The first kappa shape index (κ1) is 17.9. The fourth-order valence-corrected chi connectivity index (χ4v) is 3.77. The maximum Gasteiger partial charge on any atom is 0.249 e. The highest BCUT2D eigenvalue weighted by atomic mass is 16.5. The van der Waals surface area contributed by atoms with Crippen LogP contribution in [0.25, 0.3) is 21.8 Å². The van der Waals surface area contributed by atoms with Crippen molar-refractivity contribution in [2.75, 3.05) is 13.7 Å². The van der Waals surface area contributed by atoms with Crippen LogP contribution in [0.5, 0.6) is 11.5 Å². The largest absolute Gasteiger partial charge is 0.493 e. The average Bonchev–Trinajstić information content (AvgIpc) is 3.03. The lowest BCUT2D eigenvalue weighted by atomic mass is 10.1. The summed E-state index contributed by atoms with van der Waals surface area (Å²) in [5, 5.41) is 1.76. The van der Waals surface area contributed by atoms with E-state index in [4.69, 9.17) is 15.2 Å². The van der Waals surface area contributed by atoms with Gasteiger partial charge in [-0.25, -0.2) is 0 Å². The van der Waals surface area contributed by atoms with Crippen molar-refractivity contribution in [3.63, 3.8) is 0 Å². The van der Waals surface area contributed by atoms with E-state index in [-0.39, 0.29) is 0 Å². The number of benzene rings is 3. The Morgan fingerprint density at radius 1 is 1.04 bits per heavy atom. The Hall–Kier alpha value is -3.47. The zero-order chi connectivity index (χ0) is 19.7. The van der Waals surface area contributed by atoms with Crippen molar-refractivity contribution in [3.8, 4) is 11.5 Å². The fraction of sp³-hybridized carbons (Fsp3) is 0.174. The molecule has 0 atom stereocenters. The van der Waals surface area contributed by atoms with Crippen molar-refractivity contribution in [2.24, 2.45) is 5.73 Å². The number of methoxy groups -OCH3 is 1. The van der Waals surface area contributed by atoms with Gasteiger partial charge in [-0.3, -0.25) is 4.79 Å². The number of nitrogens with two attached hydrogens (primary N) is 1. The zero-order valence-electron chi connectivity index (χ0n) is 15.9. The van der Waals surface area contributed by atoms with Crippen LogP contribution in [0.4, 0.5) is 0 Å². The van der Waals surface area contributed by atoms with Gasteiger partial charge in [0.1, 0.15) is 0 Å². The molecule has 0 bridgehead atoms. The number of primary amides is 1. The van der Waals surface area contributed by atoms with Crippen LogP contribution in [0.1, 0.15) is 22.8 Å². The monoisotopic (exact) mass is 374 g/mol. The van der Waals surface area contributed by atoms with E-state index in [0.717, 1.165) is 27.4 Å². The third kappa shape index (κ3) is 2.85. The molecular weight excluding hydrogens is 352 g/mol. The second kappa shape index (κ2) is 7.27. The standard InChI is InChI=1S/C23H22N2O3/c1-3-28-22-19(27-2)13-12-16-20-17(23(24)26)10-7-11-18(20)25(21(16)22)14-15-8-5-4-6-9-15/h4-13H,3,14H2,1-2H3,(H2,24,26). The summed E-state index contributed by atoms with van der Waals surface area (Å²) in [4.78, 5) is 12.1. The highest BCUT2D eigenvalue weighted by molar-refractivity contribution is 6.19. The molecule has 2 N–H and O–H groups in total. The van der Waals surface area contributed by atoms with Crippen molar-refractivity contribution in [2.45, 2.75) is 13.5 Å². The molecule has 4 aromatic rings. The Morgan fingerprint density at radius 2 is 1.82 bits per heavy atom. The summed E-state index contributed by atoms with van der Waals surface area (Å²) in [6, 6.07) is 19.7. The number of aromatic nitrogens is 1. The number of carbonyl (C=O) groups excluding carboxylic acids is 1.